The molecule has 10 rings (SSSR count). The first-order valence-electron chi connectivity index (χ1n) is 17.4. The third-order valence-corrected chi connectivity index (χ3v) is 11.7. The van der Waals surface area contributed by atoms with Crippen molar-refractivity contribution in [3.8, 4) is 28.9 Å². The average Bonchev–Trinajstić information content (AvgIpc) is 3.35. The minimum absolute atomic E-state index is 0.0188. The predicted molar refractivity (Wildman–Crippen MR) is 175 cm³/mol. The van der Waals surface area contributed by atoms with Crippen molar-refractivity contribution in [1.29, 1.82) is 0 Å². The van der Waals surface area contributed by atoms with Crippen LogP contribution in [0.3, 0.4) is 0 Å². The Morgan fingerprint density at radius 2 is 1.98 bits per heavy atom. The number of nitrogens with zero attached hydrogens (tertiary/aromatic N) is 5. The molecule has 48 heavy (non-hydrogen) atoms. The van der Waals surface area contributed by atoms with Crippen LogP contribution < -0.4 is 19.7 Å². The number of phenols is 1. The van der Waals surface area contributed by atoms with Gasteiger partial charge in [0.2, 0.25) is 5.88 Å². The maximum atomic E-state index is 17.1. The zero-order valence-corrected chi connectivity index (χ0v) is 26.8. The van der Waals surface area contributed by atoms with Gasteiger partial charge in [0.15, 0.2) is 5.82 Å². The summed E-state index contributed by atoms with van der Waals surface area (Å²) in [6.45, 7) is 6.06. The molecule has 2 N–H and O–H groups in total. The van der Waals surface area contributed by atoms with Crippen LogP contribution >= 0.6 is 0 Å². The summed E-state index contributed by atoms with van der Waals surface area (Å²) in [4.78, 5) is 19.2. The Morgan fingerprint density at radius 3 is 2.77 bits per heavy atom. The second kappa shape index (κ2) is 10.6. The molecule has 250 valence electrons. The topological polar surface area (TPSA) is 105 Å². The number of piperazine rings is 1. The van der Waals surface area contributed by atoms with Crippen molar-refractivity contribution in [3.05, 3.63) is 41.5 Å². The molecule has 12 heteroatoms. The van der Waals surface area contributed by atoms with Crippen LogP contribution in [-0.4, -0.2) is 94.7 Å². The summed E-state index contributed by atoms with van der Waals surface area (Å²) in [6.07, 6.45) is 6.01. The van der Waals surface area contributed by atoms with E-state index in [1.54, 1.807) is 12.1 Å². The molecule has 1 aliphatic carbocycles. The lowest BCUT2D eigenvalue weighted by Gasteiger charge is -2.40. The number of aromatic hydroxyl groups is 1. The van der Waals surface area contributed by atoms with Crippen LogP contribution in [-0.2, 0) is 11.2 Å². The molecule has 7 heterocycles. The fraction of sp³-hybridized carbons (Fsp3) is 0.528. The van der Waals surface area contributed by atoms with E-state index in [1.165, 1.54) is 12.1 Å². The van der Waals surface area contributed by atoms with Crippen LogP contribution in [0.1, 0.15) is 44.6 Å². The lowest BCUT2D eigenvalue weighted by atomic mass is 9.94. The van der Waals surface area contributed by atoms with Gasteiger partial charge in [-0.1, -0.05) is 13.0 Å². The Labute approximate surface area is 276 Å². The summed E-state index contributed by atoms with van der Waals surface area (Å²) in [7, 11) is 0. The standard InChI is InChI=1S/C36H38F2N6O4/c1-2-23-25(37)5-3-18-9-21(45)11-24(28(18)23)31-30(38)32-29-33(44-12-19-4-6-26(39-19)27(44)15-47-34(29)40-31)42-35(41-32)48-17-36(7-8-36)16-43-13-22-10-20(43)14-46-22/h3,5,9,11,19-20,22,26-27,39,45H,2,4,6-8,10,12-17H2,1H3/t19-,20-,22-,26+,27-/m1/s1. The van der Waals surface area contributed by atoms with Gasteiger partial charge in [-0.3, -0.25) is 4.90 Å². The van der Waals surface area contributed by atoms with E-state index in [0.29, 0.717) is 71.9 Å². The summed E-state index contributed by atoms with van der Waals surface area (Å²) in [5, 5.41) is 15.9. The van der Waals surface area contributed by atoms with Crippen molar-refractivity contribution >= 4 is 27.5 Å². The quantitative estimate of drug-likeness (QED) is 0.290. The molecule has 0 radical (unpaired) electrons. The van der Waals surface area contributed by atoms with Crippen LogP contribution in [0.2, 0.25) is 0 Å². The summed E-state index contributed by atoms with van der Waals surface area (Å²) >= 11 is 0. The van der Waals surface area contributed by atoms with E-state index in [1.807, 2.05) is 6.92 Å². The lowest BCUT2D eigenvalue weighted by Crippen LogP contribution is -2.60. The van der Waals surface area contributed by atoms with Crippen molar-refractivity contribution in [1.82, 2.24) is 25.2 Å². The zero-order chi connectivity index (χ0) is 32.3. The number of halogens is 2. The number of anilines is 1. The molecular formula is C36H38F2N6O4. The molecule has 5 fully saturated rings. The van der Waals surface area contributed by atoms with Gasteiger partial charge in [0, 0.05) is 48.7 Å². The zero-order valence-electron chi connectivity index (χ0n) is 26.8. The largest absolute Gasteiger partial charge is 0.508 e. The molecule has 0 spiro atoms. The van der Waals surface area contributed by atoms with Crippen molar-refractivity contribution in [2.24, 2.45) is 5.41 Å². The fourth-order valence-corrected chi connectivity index (χ4v) is 9.04. The molecule has 5 aliphatic heterocycles. The first-order valence-corrected chi connectivity index (χ1v) is 17.4. The molecule has 2 aromatic heterocycles. The third kappa shape index (κ3) is 4.48. The van der Waals surface area contributed by atoms with Gasteiger partial charge >= 0.3 is 6.01 Å². The number of benzene rings is 2. The molecule has 4 saturated heterocycles. The minimum atomic E-state index is -0.685. The first-order chi connectivity index (χ1) is 23.4. The molecule has 2 aromatic carbocycles. The third-order valence-electron chi connectivity index (χ3n) is 11.7. The number of likely N-dealkylation sites (tertiary alicyclic amines) is 1. The molecule has 1 saturated carbocycles. The van der Waals surface area contributed by atoms with Crippen molar-refractivity contribution in [2.45, 2.75) is 75.7 Å². The van der Waals surface area contributed by atoms with Crippen LogP contribution in [0.25, 0.3) is 32.9 Å². The number of aromatic nitrogens is 3. The molecule has 0 amide bonds. The number of fused-ring (bicyclic) bond motifs is 8. The molecule has 5 atom stereocenters. The maximum absolute atomic E-state index is 17.1. The first kappa shape index (κ1) is 29.1. The number of aryl methyl sites for hydroxylation is 1. The van der Waals surface area contributed by atoms with Gasteiger partial charge in [-0.25, -0.2) is 13.8 Å². The van der Waals surface area contributed by atoms with E-state index < -0.39 is 11.6 Å². The molecule has 4 aromatic rings. The number of pyridine rings is 1. The average molecular weight is 657 g/mol. The number of hydrogen-bond donors (Lipinski definition) is 2. The smallest absolute Gasteiger partial charge is 0.319 e. The second-order valence-corrected chi connectivity index (χ2v) is 14.7. The lowest BCUT2D eigenvalue weighted by molar-refractivity contribution is 0.0176. The van der Waals surface area contributed by atoms with Crippen LogP contribution in [0.4, 0.5) is 14.6 Å². The number of hydrogen-bond acceptors (Lipinski definition) is 10. The van der Waals surface area contributed by atoms with Crippen LogP contribution in [0, 0.1) is 17.0 Å². The van der Waals surface area contributed by atoms with Crippen molar-refractivity contribution in [3.63, 3.8) is 0 Å². The highest BCUT2D eigenvalue weighted by atomic mass is 19.1. The summed E-state index contributed by atoms with van der Waals surface area (Å²) in [6, 6.07) is 7.06. The molecule has 4 bridgehead atoms. The summed E-state index contributed by atoms with van der Waals surface area (Å²) in [5.41, 5.74) is 0.719. The Hall–Kier alpha value is -3.87. The van der Waals surface area contributed by atoms with Gasteiger partial charge in [-0.15, -0.1) is 0 Å². The minimum Gasteiger partial charge on any atom is -0.508 e. The van der Waals surface area contributed by atoms with Crippen molar-refractivity contribution < 1.29 is 28.1 Å². The molecule has 0 unspecified atom stereocenters. The number of morpholine rings is 1. The van der Waals surface area contributed by atoms with E-state index in [2.05, 4.69) is 15.1 Å². The van der Waals surface area contributed by atoms with E-state index in [9.17, 15) is 5.11 Å². The normalized spacial score (nSPS) is 28.1. The number of ether oxygens (including phenoxy) is 3. The Kier molecular flexibility index (Phi) is 6.40. The monoisotopic (exact) mass is 656 g/mol. The second-order valence-electron chi connectivity index (χ2n) is 14.7. The summed E-state index contributed by atoms with van der Waals surface area (Å²) < 4.78 is 50.9. The maximum Gasteiger partial charge on any atom is 0.319 e. The van der Waals surface area contributed by atoms with Gasteiger partial charge < -0.3 is 29.5 Å². The number of rotatable bonds is 7. The molecule has 6 aliphatic rings. The highest BCUT2D eigenvalue weighted by Crippen LogP contribution is 2.49. The van der Waals surface area contributed by atoms with Gasteiger partial charge in [0.25, 0.3) is 0 Å². The highest BCUT2D eigenvalue weighted by Gasteiger charge is 2.50. The van der Waals surface area contributed by atoms with Gasteiger partial charge in [-0.05, 0) is 73.1 Å². The van der Waals surface area contributed by atoms with Crippen LogP contribution in [0.15, 0.2) is 24.3 Å². The van der Waals surface area contributed by atoms with Crippen LogP contribution in [0.5, 0.6) is 17.6 Å². The van der Waals surface area contributed by atoms with Crippen molar-refractivity contribution in [2.75, 3.05) is 44.4 Å². The number of phenolic OH excluding ortho intramolecular Hbond substituents is 1. The summed E-state index contributed by atoms with van der Waals surface area (Å²) in [5.74, 6) is -0.350. The Balaban J connectivity index is 1.11. The van der Waals surface area contributed by atoms with E-state index in [0.717, 1.165) is 51.8 Å². The highest BCUT2D eigenvalue weighted by molar-refractivity contribution is 6.03. The Bertz CT molecular complexity index is 1990. The fourth-order valence-electron chi connectivity index (χ4n) is 9.04. The Morgan fingerprint density at radius 1 is 1.08 bits per heavy atom. The van der Waals surface area contributed by atoms with Gasteiger partial charge in [-0.2, -0.15) is 9.97 Å². The van der Waals surface area contributed by atoms with E-state index >= 15 is 8.78 Å². The molecular weight excluding hydrogens is 618 g/mol. The molecule has 10 nitrogen and oxygen atoms in total. The number of nitrogens with one attached hydrogen (secondary N) is 1. The SMILES string of the molecule is CCc1c(F)ccc2cc(O)cc(-c3nc4c5c(nc(OCC6(CN7C[C@H]8C[C@@H]7CO8)CC6)nc5c3F)N3C[C@H]5CC[C@H](N5)[C@H]3CO4)c12. The van der Waals surface area contributed by atoms with E-state index in [4.69, 9.17) is 29.2 Å². The van der Waals surface area contributed by atoms with Gasteiger partial charge in [0.1, 0.15) is 40.6 Å². The predicted octanol–water partition coefficient (Wildman–Crippen LogP) is 4.72. The van der Waals surface area contributed by atoms with Gasteiger partial charge in [0.05, 0.1) is 25.4 Å². The van der Waals surface area contributed by atoms with E-state index in [-0.39, 0.29) is 51.9 Å².